The van der Waals surface area contributed by atoms with Gasteiger partial charge in [-0.2, -0.15) is 0 Å². The first-order valence-electron chi connectivity index (χ1n) is 10.2. The summed E-state index contributed by atoms with van der Waals surface area (Å²) in [5.41, 5.74) is 6.12. The molecule has 5 heteroatoms. The minimum absolute atomic E-state index is 0.250. The number of phenolic OH excluding ortho intramolecular Hbond substituents is 1. The maximum absolute atomic E-state index is 9.76. The maximum atomic E-state index is 9.76. The first kappa shape index (κ1) is 17.5. The average molecular weight is 404 g/mol. The van der Waals surface area contributed by atoms with Crippen molar-refractivity contribution < 1.29 is 5.11 Å². The van der Waals surface area contributed by atoms with E-state index in [0.29, 0.717) is 0 Å². The summed E-state index contributed by atoms with van der Waals surface area (Å²) in [6, 6.07) is 23.9. The van der Waals surface area contributed by atoms with Gasteiger partial charge in [0.25, 0.3) is 0 Å². The molecule has 4 aromatic heterocycles. The van der Waals surface area contributed by atoms with E-state index >= 15 is 0 Å². The molecular formula is C26H20N4O. The van der Waals surface area contributed by atoms with Crippen LogP contribution in [0.1, 0.15) is 28.3 Å². The highest BCUT2D eigenvalue weighted by Crippen LogP contribution is 2.22. The molecule has 5 nitrogen and oxygen atoms in total. The first-order valence-corrected chi connectivity index (χ1v) is 10.2. The van der Waals surface area contributed by atoms with Gasteiger partial charge in [0, 0.05) is 49.7 Å². The zero-order valence-corrected chi connectivity index (χ0v) is 16.6. The van der Waals surface area contributed by atoms with Gasteiger partial charge in [0.2, 0.25) is 0 Å². The fraction of sp³-hybridized carbons (Fsp3) is 0. The lowest BCUT2D eigenvalue weighted by atomic mass is 10.0. The average Bonchev–Trinajstić information content (AvgIpc) is 3.55. The number of hydrogen-bond acceptors (Lipinski definition) is 1. The van der Waals surface area contributed by atoms with Crippen molar-refractivity contribution in [2.45, 2.75) is 0 Å². The molecule has 8 bridgehead atoms. The predicted molar refractivity (Wildman–Crippen MR) is 122 cm³/mol. The summed E-state index contributed by atoms with van der Waals surface area (Å²) in [6.45, 7) is 0. The lowest BCUT2D eigenvalue weighted by molar-refractivity contribution is 0.475. The van der Waals surface area contributed by atoms with Gasteiger partial charge in [-0.3, -0.25) is 0 Å². The highest BCUT2D eigenvalue weighted by molar-refractivity contribution is 5.78. The molecule has 0 radical (unpaired) electrons. The molecule has 0 fully saturated rings. The van der Waals surface area contributed by atoms with Crippen LogP contribution < -0.4 is 21.4 Å². The SMILES string of the molecule is Oc1ccc(C2=c3ccc([nH]3)=Cc3ccc([nH]3)C=c3ccc([nH]3)=Cc3ccc2[nH]3)cc1. The Labute approximate surface area is 177 Å². The van der Waals surface area contributed by atoms with Gasteiger partial charge in [-0.05, 0) is 84.5 Å². The second-order valence-electron chi connectivity index (χ2n) is 7.75. The number of aromatic nitrogens is 4. The summed E-state index contributed by atoms with van der Waals surface area (Å²) in [5.74, 6) is 0.250. The topological polar surface area (TPSA) is 83.4 Å². The van der Waals surface area contributed by atoms with Gasteiger partial charge >= 0.3 is 0 Å². The van der Waals surface area contributed by atoms with Crippen LogP contribution in [0.4, 0.5) is 0 Å². The minimum Gasteiger partial charge on any atom is -0.508 e. The summed E-state index contributed by atoms with van der Waals surface area (Å²) < 4.78 is 0. The van der Waals surface area contributed by atoms with Crippen molar-refractivity contribution in [3.8, 4) is 5.75 Å². The summed E-state index contributed by atoms with van der Waals surface area (Å²) in [7, 11) is 0. The lowest BCUT2D eigenvalue weighted by Crippen LogP contribution is -2.14. The number of H-pyrrole nitrogens is 4. The third kappa shape index (κ3) is 3.32. The van der Waals surface area contributed by atoms with Crippen molar-refractivity contribution in [2.24, 2.45) is 0 Å². The molecule has 0 saturated heterocycles. The second-order valence-corrected chi connectivity index (χ2v) is 7.75. The summed E-state index contributed by atoms with van der Waals surface area (Å²) in [6.07, 6.45) is 6.28. The number of aromatic hydroxyl groups is 1. The minimum atomic E-state index is 0.250. The number of aromatic amines is 4. The Morgan fingerprint density at radius 2 is 1.06 bits per heavy atom. The molecule has 5 N–H and O–H groups in total. The molecule has 5 heterocycles. The molecule has 0 amide bonds. The third-order valence-corrected chi connectivity index (χ3v) is 5.51. The van der Waals surface area contributed by atoms with Crippen LogP contribution in [0.5, 0.6) is 5.75 Å². The van der Waals surface area contributed by atoms with Crippen LogP contribution in [-0.4, -0.2) is 25.0 Å². The summed E-state index contributed by atoms with van der Waals surface area (Å²) in [5, 5.41) is 13.8. The van der Waals surface area contributed by atoms with Gasteiger partial charge in [-0.25, -0.2) is 0 Å². The van der Waals surface area contributed by atoms with E-state index < -0.39 is 0 Å². The van der Waals surface area contributed by atoms with Crippen molar-refractivity contribution in [1.82, 2.24) is 19.9 Å². The second kappa shape index (κ2) is 6.85. The van der Waals surface area contributed by atoms with E-state index in [1.807, 2.05) is 12.1 Å². The molecule has 5 aromatic rings. The Balaban J connectivity index is 1.66. The fourth-order valence-corrected chi connectivity index (χ4v) is 4.07. The number of nitrogens with one attached hydrogen (secondary N) is 4. The van der Waals surface area contributed by atoms with E-state index in [2.05, 4.69) is 86.7 Å². The lowest BCUT2D eigenvalue weighted by Gasteiger charge is -2.06. The Morgan fingerprint density at radius 1 is 0.484 bits per heavy atom. The van der Waals surface area contributed by atoms with Crippen LogP contribution in [0.3, 0.4) is 0 Å². The number of phenols is 1. The molecule has 0 aliphatic carbocycles. The van der Waals surface area contributed by atoms with Gasteiger partial charge < -0.3 is 25.0 Å². The van der Waals surface area contributed by atoms with Gasteiger partial charge in [-0.15, -0.1) is 0 Å². The van der Waals surface area contributed by atoms with Crippen molar-refractivity contribution in [3.63, 3.8) is 0 Å². The van der Waals surface area contributed by atoms with Crippen LogP contribution >= 0.6 is 0 Å². The monoisotopic (exact) mass is 404 g/mol. The molecule has 0 unspecified atom stereocenters. The maximum Gasteiger partial charge on any atom is 0.115 e. The van der Waals surface area contributed by atoms with E-state index in [-0.39, 0.29) is 5.75 Å². The van der Waals surface area contributed by atoms with Gasteiger partial charge in [-0.1, -0.05) is 12.1 Å². The zero-order valence-electron chi connectivity index (χ0n) is 16.6. The molecule has 1 aliphatic rings. The van der Waals surface area contributed by atoms with Gasteiger partial charge in [0.05, 0.1) is 0 Å². The van der Waals surface area contributed by atoms with Crippen molar-refractivity contribution >= 4 is 23.8 Å². The standard InChI is InChI=1S/C26H20N4O/c31-23-9-1-16(2-10-23)26-24-11-7-21(29-24)14-19-5-3-17(27-19)13-18-4-6-20(28-18)15-22-8-12-25(26)30-22/h1-15,27-31H. The van der Waals surface area contributed by atoms with E-state index in [1.165, 1.54) is 0 Å². The van der Waals surface area contributed by atoms with Gasteiger partial charge in [0.1, 0.15) is 5.75 Å². The summed E-state index contributed by atoms with van der Waals surface area (Å²) in [4.78, 5) is 14.0. The number of benzene rings is 1. The zero-order chi connectivity index (χ0) is 20.8. The third-order valence-electron chi connectivity index (χ3n) is 5.51. The van der Waals surface area contributed by atoms with Crippen LogP contribution in [0, 0.1) is 0 Å². The summed E-state index contributed by atoms with van der Waals surface area (Å²) >= 11 is 0. The van der Waals surface area contributed by atoms with Crippen molar-refractivity contribution in [3.05, 3.63) is 123 Å². The highest BCUT2D eigenvalue weighted by atomic mass is 16.3. The van der Waals surface area contributed by atoms with Crippen molar-refractivity contribution in [1.29, 1.82) is 0 Å². The Bertz CT molecular complexity index is 1640. The van der Waals surface area contributed by atoms with Crippen LogP contribution in [-0.2, 0) is 0 Å². The first-order chi connectivity index (χ1) is 15.2. The molecular weight excluding hydrogens is 384 g/mol. The molecule has 31 heavy (non-hydrogen) atoms. The van der Waals surface area contributed by atoms with E-state index in [0.717, 1.165) is 55.3 Å². The van der Waals surface area contributed by atoms with Gasteiger partial charge in [0.15, 0.2) is 0 Å². The fourth-order valence-electron chi connectivity index (χ4n) is 4.07. The normalized spacial score (nSPS) is 12.7. The van der Waals surface area contributed by atoms with Crippen LogP contribution in [0.2, 0.25) is 0 Å². The Hall–Kier alpha value is -4.38. The number of hydrogen-bond donors (Lipinski definition) is 5. The Kier molecular flexibility index (Phi) is 3.86. The molecule has 0 saturated carbocycles. The smallest absolute Gasteiger partial charge is 0.115 e. The van der Waals surface area contributed by atoms with E-state index in [4.69, 9.17) is 0 Å². The van der Waals surface area contributed by atoms with Crippen LogP contribution in [0.15, 0.2) is 72.8 Å². The molecule has 0 atom stereocenters. The number of fused-ring (bicyclic) bond motifs is 8. The van der Waals surface area contributed by atoms with E-state index in [1.54, 1.807) is 12.1 Å². The molecule has 6 rings (SSSR count). The molecule has 0 spiro atoms. The molecule has 1 aromatic carbocycles. The Morgan fingerprint density at radius 3 is 1.77 bits per heavy atom. The molecule has 150 valence electrons. The highest BCUT2D eigenvalue weighted by Gasteiger charge is 2.10. The quantitative estimate of drug-likeness (QED) is 0.284. The van der Waals surface area contributed by atoms with Crippen LogP contribution in [0.25, 0.3) is 23.8 Å². The van der Waals surface area contributed by atoms with E-state index in [9.17, 15) is 5.11 Å². The predicted octanol–water partition coefficient (Wildman–Crippen LogP) is 1.75. The largest absolute Gasteiger partial charge is 0.508 e. The van der Waals surface area contributed by atoms with Crippen molar-refractivity contribution in [2.75, 3.05) is 0 Å². The number of rotatable bonds is 1. The molecule has 1 aliphatic heterocycles.